The second-order valence-electron chi connectivity index (χ2n) is 5.30. The lowest BCUT2D eigenvalue weighted by atomic mass is 9.98. The molecule has 22 heavy (non-hydrogen) atoms. The van der Waals surface area contributed by atoms with Crippen molar-refractivity contribution in [3.8, 4) is 0 Å². The van der Waals surface area contributed by atoms with Gasteiger partial charge in [-0.1, -0.05) is 0 Å². The molecule has 1 fully saturated rings. The molecule has 1 unspecified atom stereocenters. The molecule has 124 valence electrons. The summed E-state index contributed by atoms with van der Waals surface area (Å²) in [6.07, 6.45) is -0.764. The zero-order valence-corrected chi connectivity index (χ0v) is 12.9. The summed E-state index contributed by atoms with van der Waals surface area (Å²) in [6, 6.07) is 4.50. The van der Waals surface area contributed by atoms with Gasteiger partial charge in [-0.05, 0) is 56.5 Å². The monoisotopic (exact) mass is 336 g/mol. The van der Waals surface area contributed by atoms with E-state index < -0.39 is 11.7 Å². The molecule has 0 aromatic heterocycles. The van der Waals surface area contributed by atoms with Gasteiger partial charge in [0.1, 0.15) is 0 Å². The van der Waals surface area contributed by atoms with Gasteiger partial charge in [-0.15, -0.1) is 12.4 Å². The van der Waals surface area contributed by atoms with Gasteiger partial charge in [0.25, 0.3) is 5.91 Å². The number of rotatable bonds is 3. The molecule has 0 spiro atoms. The summed E-state index contributed by atoms with van der Waals surface area (Å²) in [5.41, 5.74) is 5.12. The Morgan fingerprint density at radius 1 is 1.23 bits per heavy atom. The van der Waals surface area contributed by atoms with Gasteiger partial charge in [-0.2, -0.15) is 13.2 Å². The fourth-order valence-electron chi connectivity index (χ4n) is 2.73. The number of carbonyl (C=O) groups excluding carboxylic acids is 1. The number of likely N-dealkylation sites (tertiary alicyclic amines) is 1. The summed E-state index contributed by atoms with van der Waals surface area (Å²) in [6.45, 7) is 1.14. The topological polar surface area (TPSA) is 46.3 Å². The van der Waals surface area contributed by atoms with Crippen LogP contribution in [0.4, 0.5) is 13.2 Å². The van der Waals surface area contributed by atoms with Crippen LogP contribution in [0.25, 0.3) is 0 Å². The number of halogens is 4. The molecule has 2 rings (SSSR count). The lowest BCUT2D eigenvalue weighted by Gasteiger charge is -2.35. The maximum Gasteiger partial charge on any atom is 0.416 e. The first-order valence-electron chi connectivity index (χ1n) is 7.12. The van der Waals surface area contributed by atoms with Gasteiger partial charge in [-0.3, -0.25) is 4.79 Å². The van der Waals surface area contributed by atoms with E-state index in [4.69, 9.17) is 5.73 Å². The number of benzene rings is 1. The summed E-state index contributed by atoms with van der Waals surface area (Å²) in [5, 5.41) is 0. The molecule has 1 aliphatic heterocycles. The van der Waals surface area contributed by atoms with Crippen LogP contribution >= 0.6 is 12.4 Å². The first-order chi connectivity index (χ1) is 9.93. The van der Waals surface area contributed by atoms with Crippen LogP contribution in [0.1, 0.15) is 41.6 Å². The number of nitrogens with zero attached hydrogens (tertiary/aromatic N) is 1. The molecule has 1 amide bonds. The van der Waals surface area contributed by atoms with Crippen LogP contribution in [0.2, 0.25) is 0 Å². The number of nitrogens with two attached hydrogens (primary N) is 1. The number of amides is 1. The highest BCUT2D eigenvalue weighted by Crippen LogP contribution is 2.29. The van der Waals surface area contributed by atoms with E-state index in [1.807, 2.05) is 0 Å². The van der Waals surface area contributed by atoms with Gasteiger partial charge in [0.15, 0.2) is 0 Å². The van der Waals surface area contributed by atoms with Crippen molar-refractivity contribution < 1.29 is 18.0 Å². The minimum Gasteiger partial charge on any atom is -0.336 e. The quantitative estimate of drug-likeness (QED) is 0.918. The Morgan fingerprint density at radius 3 is 2.41 bits per heavy atom. The van der Waals surface area contributed by atoms with E-state index in [0.29, 0.717) is 18.7 Å². The molecule has 1 atom stereocenters. The Balaban J connectivity index is 0.00000242. The maximum atomic E-state index is 12.5. The van der Waals surface area contributed by atoms with Crippen LogP contribution in [0.5, 0.6) is 0 Å². The van der Waals surface area contributed by atoms with Gasteiger partial charge in [0.2, 0.25) is 0 Å². The van der Waals surface area contributed by atoms with Crippen molar-refractivity contribution >= 4 is 18.3 Å². The summed E-state index contributed by atoms with van der Waals surface area (Å²) >= 11 is 0. The fourth-order valence-corrected chi connectivity index (χ4v) is 2.73. The normalized spacial score (nSPS) is 18.7. The van der Waals surface area contributed by atoms with Gasteiger partial charge < -0.3 is 10.6 Å². The van der Waals surface area contributed by atoms with Crippen molar-refractivity contribution in [3.63, 3.8) is 0 Å². The van der Waals surface area contributed by atoms with Gasteiger partial charge >= 0.3 is 6.18 Å². The summed E-state index contributed by atoms with van der Waals surface area (Å²) in [5.74, 6) is -0.207. The molecule has 7 heteroatoms. The van der Waals surface area contributed by atoms with Crippen molar-refractivity contribution in [2.24, 2.45) is 5.73 Å². The molecule has 1 heterocycles. The van der Waals surface area contributed by atoms with E-state index in [1.54, 1.807) is 4.90 Å². The fraction of sp³-hybridized carbons (Fsp3) is 0.533. The third-order valence-electron chi connectivity index (χ3n) is 3.85. The van der Waals surface area contributed by atoms with E-state index in [0.717, 1.165) is 37.8 Å². The van der Waals surface area contributed by atoms with Crippen LogP contribution in [-0.4, -0.2) is 29.9 Å². The molecule has 1 saturated heterocycles. The SMILES string of the molecule is Cl.NCCC1CCCCN1C(=O)c1ccc(C(F)(F)F)cc1. The van der Waals surface area contributed by atoms with Crippen LogP contribution in [-0.2, 0) is 6.18 Å². The Kier molecular flexibility index (Phi) is 6.68. The maximum absolute atomic E-state index is 12.5. The third-order valence-corrected chi connectivity index (χ3v) is 3.85. The lowest BCUT2D eigenvalue weighted by Crippen LogP contribution is -2.44. The predicted octanol–water partition coefficient (Wildman–Crippen LogP) is 3.47. The summed E-state index contributed by atoms with van der Waals surface area (Å²) in [4.78, 5) is 14.2. The van der Waals surface area contributed by atoms with E-state index >= 15 is 0 Å². The second-order valence-corrected chi connectivity index (χ2v) is 5.30. The highest BCUT2D eigenvalue weighted by Gasteiger charge is 2.31. The molecule has 2 N–H and O–H groups in total. The average Bonchev–Trinajstić information content (AvgIpc) is 2.47. The summed E-state index contributed by atoms with van der Waals surface area (Å²) in [7, 11) is 0. The molecule has 0 radical (unpaired) electrons. The molecular weight excluding hydrogens is 317 g/mol. The molecular formula is C15H20ClF3N2O. The Morgan fingerprint density at radius 2 is 1.86 bits per heavy atom. The Hall–Kier alpha value is -1.27. The average molecular weight is 337 g/mol. The standard InChI is InChI=1S/C15H19F3N2O.ClH/c16-15(17,18)12-6-4-11(5-7-12)14(21)20-10-2-1-3-13(20)8-9-19;/h4-7,13H,1-3,8-10,19H2;1H. The lowest BCUT2D eigenvalue weighted by molar-refractivity contribution is -0.137. The van der Waals surface area contributed by atoms with Crippen LogP contribution < -0.4 is 5.73 Å². The number of piperidine rings is 1. The molecule has 0 saturated carbocycles. The van der Waals surface area contributed by atoms with Gasteiger partial charge in [0.05, 0.1) is 5.56 Å². The molecule has 1 aromatic carbocycles. The highest BCUT2D eigenvalue weighted by molar-refractivity contribution is 5.94. The van der Waals surface area contributed by atoms with Crippen LogP contribution in [0.15, 0.2) is 24.3 Å². The van der Waals surface area contributed by atoms with Crippen molar-refractivity contribution in [1.82, 2.24) is 4.90 Å². The minimum atomic E-state index is -4.38. The van der Waals surface area contributed by atoms with E-state index in [2.05, 4.69) is 0 Å². The number of hydrogen-bond donors (Lipinski definition) is 1. The van der Waals surface area contributed by atoms with Crippen molar-refractivity contribution in [1.29, 1.82) is 0 Å². The molecule has 0 aliphatic carbocycles. The van der Waals surface area contributed by atoms with Crippen LogP contribution in [0.3, 0.4) is 0 Å². The van der Waals surface area contributed by atoms with Gasteiger partial charge in [0, 0.05) is 18.2 Å². The first kappa shape index (κ1) is 18.8. The highest BCUT2D eigenvalue weighted by atomic mass is 35.5. The second kappa shape index (κ2) is 7.83. The number of hydrogen-bond acceptors (Lipinski definition) is 2. The zero-order valence-electron chi connectivity index (χ0n) is 12.1. The molecule has 0 bridgehead atoms. The minimum absolute atomic E-state index is 0. The largest absolute Gasteiger partial charge is 0.416 e. The first-order valence-corrected chi connectivity index (χ1v) is 7.12. The molecule has 3 nitrogen and oxygen atoms in total. The van der Waals surface area contributed by atoms with Crippen molar-refractivity contribution in [2.45, 2.75) is 37.9 Å². The molecule has 1 aromatic rings. The number of alkyl halides is 3. The smallest absolute Gasteiger partial charge is 0.336 e. The number of carbonyl (C=O) groups is 1. The van der Waals surface area contributed by atoms with Crippen LogP contribution in [0, 0.1) is 0 Å². The van der Waals surface area contributed by atoms with E-state index in [1.165, 1.54) is 12.1 Å². The summed E-state index contributed by atoms with van der Waals surface area (Å²) < 4.78 is 37.6. The third kappa shape index (κ3) is 4.36. The van der Waals surface area contributed by atoms with E-state index in [-0.39, 0.29) is 24.4 Å². The Labute approximate surface area is 134 Å². The zero-order chi connectivity index (χ0) is 15.5. The van der Waals surface area contributed by atoms with Crippen molar-refractivity contribution in [2.75, 3.05) is 13.1 Å². The van der Waals surface area contributed by atoms with Crippen molar-refractivity contribution in [3.05, 3.63) is 35.4 Å². The molecule has 1 aliphatic rings. The predicted molar refractivity (Wildman–Crippen MR) is 81.0 cm³/mol. The Bertz CT molecular complexity index is 489. The van der Waals surface area contributed by atoms with Gasteiger partial charge in [-0.25, -0.2) is 0 Å². The van der Waals surface area contributed by atoms with E-state index in [9.17, 15) is 18.0 Å².